The summed E-state index contributed by atoms with van der Waals surface area (Å²) in [5.41, 5.74) is 1.94. The second-order valence-corrected chi connectivity index (χ2v) is 10.5. The Morgan fingerprint density at radius 1 is 1.12 bits per heavy atom. The highest BCUT2D eigenvalue weighted by molar-refractivity contribution is 8.03. The van der Waals surface area contributed by atoms with Gasteiger partial charge < -0.3 is 15.5 Å². The van der Waals surface area contributed by atoms with Gasteiger partial charge in [0.25, 0.3) is 0 Å². The number of hydrogen-bond donors (Lipinski definition) is 3. The summed E-state index contributed by atoms with van der Waals surface area (Å²) in [5, 5.41) is 23.5. The number of aliphatic carboxylic acids is 2. The van der Waals surface area contributed by atoms with Crippen molar-refractivity contribution in [2.45, 2.75) is 35.5 Å². The molecular weight excluding hydrogens is 501 g/mol. The minimum Gasteiger partial charge on any atom is -0.480 e. The van der Waals surface area contributed by atoms with Gasteiger partial charge in [-0.05, 0) is 25.3 Å². The molecule has 0 unspecified atom stereocenters. The molecule has 0 aliphatic rings. The molecule has 0 saturated carbocycles. The van der Waals surface area contributed by atoms with Gasteiger partial charge in [-0.2, -0.15) is 13.2 Å². The summed E-state index contributed by atoms with van der Waals surface area (Å²) in [5.74, 6) is -3.02. The zero-order valence-electron chi connectivity index (χ0n) is 17.3. The Morgan fingerprint density at radius 2 is 1.76 bits per heavy atom. The third-order valence-electron chi connectivity index (χ3n) is 3.75. The molecule has 178 valence electrons. The first-order chi connectivity index (χ1) is 15.4. The van der Waals surface area contributed by atoms with Crippen molar-refractivity contribution in [2.24, 2.45) is 0 Å². The Kier molecular flexibility index (Phi) is 9.19. The molecule has 0 saturated heterocycles. The Bertz CT molecular complexity index is 1060. The number of thiazole rings is 1. The van der Waals surface area contributed by atoms with Crippen LogP contribution in [0.25, 0.3) is 10.4 Å². The fourth-order valence-electron chi connectivity index (χ4n) is 2.00. The Balaban J connectivity index is 0.000000479. The molecule has 0 fully saturated rings. The second kappa shape index (κ2) is 11.4. The van der Waals surface area contributed by atoms with Crippen LogP contribution in [0.3, 0.4) is 0 Å². The van der Waals surface area contributed by atoms with E-state index >= 15 is 0 Å². The minimum absolute atomic E-state index is 0.585. The molecule has 0 aliphatic heterocycles. The fraction of sp³-hybridized carbons (Fsp3) is 0.316. The van der Waals surface area contributed by atoms with Crippen LogP contribution in [0, 0.1) is 0 Å². The molecule has 3 N–H and O–H groups in total. The van der Waals surface area contributed by atoms with E-state index in [9.17, 15) is 23.1 Å². The van der Waals surface area contributed by atoms with Gasteiger partial charge in [0.15, 0.2) is 4.34 Å². The van der Waals surface area contributed by atoms with Crippen LogP contribution in [0.2, 0.25) is 0 Å². The van der Waals surface area contributed by atoms with Crippen LogP contribution >= 0.6 is 34.4 Å². The number of nitrogens with zero attached hydrogens (tertiary/aromatic N) is 3. The normalized spacial score (nSPS) is 11.4. The number of anilines is 1. The number of thioether (sulfide) groups is 1. The van der Waals surface area contributed by atoms with Crippen molar-refractivity contribution < 1.29 is 33.0 Å². The minimum atomic E-state index is -5.08. The molecule has 0 amide bonds. The number of carbonyl (C=O) groups is 2. The molecule has 0 bridgehead atoms. The van der Waals surface area contributed by atoms with Crippen LogP contribution in [0.5, 0.6) is 0 Å². The monoisotopic (exact) mass is 520 g/mol. The molecule has 0 radical (unpaired) electrons. The number of rotatable bonds is 8. The maximum atomic E-state index is 11.2. The highest BCUT2D eigenvalue weighted by atomic mass is 32.2. The number of carboxylic acids is 2. The third-order valence-corrected chi connectivity index (χ3v) is 6.84. The maximum Gasteiger partial charge on any atom is 0.490 e. The van der Waals surface area contributed by atoms with E-state index in [-0.39, 0.29) is 0 Å². The zero-order valence-corrected chi connectivity index (χ0v) is 19.7. The second-order valence-electron chi connectivity index (χ2n) is 6.77. The zero-order chi connectivity index (χ0) is 24.6. The summed E-state index contributed by atoms with van der Waals surface area (Å²) >= 11 is 4.40. The molecule has 0 aromatic carbocycles. The Hall–Kier alpha value is -2.71. The van der Waals surface area contributed by atoms with E-state index < -0.39 is 22.9 Å². The standard InChI is InChI=1S/C17H18N4O2S3.C2HF3O2/c1-17(2,14(22)23)26-16-21-12(10-25-16)5-6-18-15-19-8-11(9-20-15)13-4-3-7-24-13;3-2(4,5)1(6)7/h3-4,7-10H,5-6H2,1-2H3,(H,22,23)(H,18,19,20);(H,6,7). The molecule has 33 heavy (non-hydrogen) atoms. The number of nitrogens with one attached hydrogen (secondary N) is 1. The number of alkyl halides is 3. The number of halogens is 3. The molecular formula is C19H19F3N4O4S3. The molecule has 3 aromatic rings. The predicted molar refractivity (Wildman–Crippen MR) is 121 cm³/mol. The molecule has 3 aromatic heterocycles. The molecule has 0 aliphatic carbocycles. The first-order valence-corrected chi connectivity index (χ1v) is 11.7. The SMILES string of the molecule is CC(C)(Sc1nc(CCNc2ncc(-c3cccs3)cn2)cs1)C(=O)O.O=C(O)C(F)(F)F. The average molecular weight is 521 g/mol. The van der Waals surface area contributed by atoms with Crippen LogP contribution in [0.15, 0.2) is 39.6 Å². The van der Waals surface area contributed by atoms with E-state index in [4.69, 9.17) is 9.90 Å². The summed E-state index contributed by atoms with van der Waals surface area (Å²) in [6.45, 7) is 4.02. The fourth-order valence-corrected chi connectivity index (χ4v) is 4.93. The highest BCUT2D eigenvalue weighted by Crippen LogP contribution is 2.34. The number of aromatic nitrogens is 3. The van der Waals surface area contributed by atoms with Gasteiger partial charge >= 0.3 is 18.1 Å². The van der Waals surface area contributed by atoms with Crippen LogP contribution in [-0.4, -0.2) is 54.6 Å². The van der Waals surface area contributed by atoms with E-state index in [0.29, 0.717) is 12.5 Å². The lowest BCUT2D eigenvalue weighted by Gasteiger charge is -2.15. The lowest BCUT2D eigenvalue weighted by Crippen LogP contribution is -2.26. The van der Waals surface area contributed by atoms with Gasteiger partial charge in [0.1, 0.15) is 4.75 Å². The van der Waals surface area contributed by atoms with Crippen molar-refractivity contribution in [1.82, 2.24) is 15.0 Å². The van der Waals surface area contributed by atoms with Crippen LogP contribution < -0.4 is 5.32 Å². The van der Waals surface area contributed by atoms with Gasteiger partial charge in [-0.15, -0.1) is 22.7 Å². The van der Waals surface area contributed by atoms with Crippen LogP contribution in [0.4, 0.5) is 19.1 Å². The van der Waals surface area contributed by atoms with Crippen LogP contribution in [-0.2, 0) is 16.0 Å². The summed E-state index contributed by atoms with van der Waals surface area (Å²) in [6, 6.07) is 4.05. The van der Waals surface area contributed by atoms with E-state index in [0.717, 1.165) is 26.9 Å². The summed E-state index contributed by atoms with van der Waals surface area (Å²) < 4.78 is 31.6. The smallest absolute Gasteiger partial charge is 0.480 e. The van der Waals surface area contributed by atoms with Crippen LogP contribution in [0.1, 0.15) is 19.5 Å². The largest absolute Gasteiger partial charge is 0.490 e. The van der Waals surface area contributed by atoms with E-state index in [1.54, 1.807) is 25.2 Å². The molecule has 3 rings (SSSR count). The average Bonchev–Trinajstić information content (AvgIpc) is 3.40. The van der Waals surface area contributed by atoms with Crippen molar-refractivity contribution in [3.8, 4) is 10.4 Å². The maximum absolute atomic E-state index is 11.2. The van der Waals surface area contributed by atoms with Gasteiger partial charge in [0.2, 0.25) is 5.95 Å². The van der Waals surface area contributed by atoms with Gasteiger partial charge in [0.05, 0.1) is 5.69 Å². The van der Waals surface area contributed by atoms with Gasteiger partial charge in [0, 0.05) is 41.2 Å². The quantitative estimate of drug-likeness (QED) is 0.355. The summed E-state index contributed by atoms with van der Waals surface area (Å²) in [4.78, 5) is 34.4. The summed E-state index contributed by atoms with van der Waals surface area (Å²) in [6.07, 6.45) is -0.736. The lowest BCUT2D eigenvalue weighted by molar-refractivity contribution is -0.192. The molecule has 0 spiro atoms. The van der Waals surface area contributed by atoms with Crippen molar-refractivity contribution in [2.75, 3.05) is 11.9 Å². The van der Waals surface area contributed by atoms with E-state index in [1.807, 2.05) is 35.3 Å². The first kappa shape index (κ1) is 26.5. The highest BCUT2D eigenvalue weighted by Gasteiger charge is 2.38. The summed E-state index contributed by atoms with van der Waals surface area (Å²) in [7, 11) is 0. The lowest BCUT2D eigenvalue weighted by atomic mass is 10.2. The third kappa shape index (κ3) is 8.63. The number of hydrogen-bond acceptors (Lipinski definition) is 9. The van der Waals surface area contributed by atoms with Gasteiger partial charge in [-0.3, -0.25) is 4.79 Å². The first-order valence-electron chi connectivity index (χ1n) is 9.15. The topological polar surface area (TPSA) is 125 Å². The van der Waals surface area contributed by atoms with Crippen molar-refractivity contribution in [3.63, 3.8) is 0 Å². The molecule has 0 atom stereocenters. The molecule has 14 heteroatoms. The number of thiophene rings is 1. The van der Waals surface area contributed by atoms with Gasteiger partial charge in [-0.25, -0.2) is 19.7 Å². The van der Waals surface area contributed by atoms with E-state index in [2.05, 4.69) is 20.3 Å². The predicted octanol–water partition coefficient (Wildman–Crippen LogP) is 4.90. The van der Waals surface area contributed by atoms with Crippen molar-refractivity contribution in [1.29, 1.82) is 0 Å². The molecule has 3 heterocycles. The Morgan fingerprint density at radius 3 is 2.27 bits per heavy atom. The van der Waals surface area contributed by atoms with Gasteiger partial charge in [-0.1, -0.05) is 17.8 Å². The number of carboxylic acid groups (broad SMARTS) is 2. The van der Waals surface area contributed by atoms with Crippen molar-refractivity contribution >= 4 is 52.3 Å². The molecule has 8 nitrogen and oxygen atoms in total. The Labute approximate surface area is 198 Å². The van der Waals surface area contributed by atoms with E-state index in [1.165, 1.54) is 23.1 Å². The van der Waals surface area contributed by atoms with Crippen molar-refractivity contribution in [3.05, 3.63) is 41.0 Å².